The number of amides is 2. The van der Waals surface area contributed by atoms with Gasteiger partial charge in [0.05, 0.1) is 18.7 Å². The fourth-order valence-corrected chi connectivity index (χ4v) is 3.04. The van der Waals surface area contributed by atoms with Crippen molar-refractivity contribution in [3.8, 4) is 0 Å². The number of nitrogens with zero attached hydrogens (tertiary/aromatic N) is 2. The molecule has 1 aliphatic rings. The second kappa shape index (κ2) is 8.32. The third-order valence-electron chi connectivity index (χ3n) is 4.42. The standard InChI is InChI=1S/C16H22FN3O5/c1-18-13(22)6-10-15(24)16(25)11(8-21)20(10)14(23)5-3-9-2-4-12(17)19-7-9/h2,4,7,10-11,15-16,21,24-25H,3,5-6,8H2,1H3,(H,18,22)/t10?,11-,15-,16-/m1/s1. The van der Waals surface area contributed by atoms with Gasteiger partial charge >= 0.3 is 0 Å². The Labute approximate surface area is 144 Å². The first kappa shape index (κ1) is 19.2. The van der Waals surface area contributed by atoms with E-state index in [4.69, 9.17) is 0 Å². The number of halogens is 1. The maximum atomic E-state index is 12.8. The van der Waals surface area contributed by atoms with Gasteiger partial charge in [0.2, 0.25) is 17.8 Å². The predicted molar refractivity (Wildman–Crippen MR) is 84.7 cm³/mol. The highest BCUT2D eigenvalue weighted by molar-refractivity contribution is 5.81. The Hall–Kier alpha value is -2.10. The largest absolute Gasteiger partial charge is 0.394 e. The molecule has 8 nitrogen and oxygen atoms in total. The lowest BCUT2D eigenvalue weighted by Crippen LogP contribution is -2.47. The van der Waals surface area contributed by atoms with Crippen molar-refractivity contribution in [3.63, 3.8) is 0 Å². The minimum atomic E-state index is -1.34. The molecule has 1 aliphatic heterocycles. The molecular weight excluding hydrogens is 333 g/mol. The van der Waals surface area contributed by atoms with Crippen molar-refractivity contribution in [1.82, 2.24) is 15.2 Å². The smallest absolute Gasteiger partial charge is 0.223 e. The van der Waals surface area contributed by atoms with Gasteiger partial charge in [-0.3, -0.25) is 9.59 Å². The number of aromatic nitrogens is 1. The number of pyridine rings is 1. The fourth-order valence-electron chi connectivity index (χ4n) is 3.04. The van der Waals surface area contributed by atoms with Crippen LogP contribution in [0.2, 0.25) is 0 Å². The van der Waals surface area contributed by atoms with Crippen LogP contribution < -0.4 is 5.32 Å². The summed E-state index contributed by atoms with van der Waals surface area (Å²) in [7, 11) is 1.43. The van der Waals surface area contributed by atoms with Crippen LogP contribution in [0.5, 0.6) is 0 Å². The molecule has 4 N–H and O–H groups in total. The van der Waals surface area contributed by atoms with Gasteiger partial charge in [0.25, 0.3) is 0 Å². The summed E-state index contributed by atoms with van der Waals surface area (Å²) in [5.41, 5.74) is 0.651. The molecule has 25 heavy (non-hydrogen) atoms. The first-order chi connectivity index (χ1) is 11.9. The van der Waals surface area contributed by atoms with E-state index in [9.17, 15) is 29.3 Å². The van der Waals surface area contributed by atoms with Crippen LogP contribution in [-0.4, -0.2) is 75.0 Å². The van der Waals surface area contributed by atoms with E-state index in [1.165, 1.54) is 30.3 Å². The summed E-state index contributed by atoms with van der Waals surface area (Å²) in [4.78, 5) is 28.9. The molecule has 9 heteroatoms. The zero-order valence-electron chi connectivity index (χ0n) is 13.8. The molecule has 4 atom stereocenters. The Morgan fingerprint density at radius 1 is 1.28 bits per heavy atom. The monoisotopic (exact) mass is 355 g/mol. The van der Waals surface area contributed by atoms with E-state index < -0.39 is 48.7 Å². The van der Waals surface area contributed by atoms with Crippen LogP contribution in [0.3, 0.4) is 0 Å². The molecule has 1 saturated heterocycles. The van der Waals surface area contributed by atoms with E-state index in [1.54, 1.807) is 0 Å². The zero-order valence-corrected chi connectivity index (χ0v) is 13.8. The third-order valence-corrected chi connectivity index (χ3v) is 4.42. The van der Waals surface area contributed by atoms with Crippen LogP contribution in [0, 0.1) is 5.95 Å². The normalized spacial score (nSPS) is 25.9. The number of nitrogens with one attached hydrogen (secondary N) is 1. The maximum absolute atomic E-state index is 12.8. The van der Waals surface area contributed by atoms with E-state index in [0.29, 0.717) is 5.56 Å². The lowest BCUT2D eigenvalue weighted by molar-refractivity contribution is -0.137. The maximum Gasteiger partial charge on any atom is 0.223 e. The Morgan fingerprint density at radius 3 is 2.52 bits per heavy atom. The number of carbonyl (C=O) groups is 2. The quantitative estimate of drug-likeness (QED) is 0.465. The van der Waals surface area contributed by atoms with Crippen molar-refractivity contribution < 1.29 is 29.3 Å². The van der Waals surface area contributed by atoms with Gasteiger partial charge in [0, 0.05) is 26.1 Å². The van der Waals surface area contributed by atoms with Crippen molar-refractivity contribution in [1.29, 1.82) is 0 Å². The SMILES string of the molecule is CNC(=O)CC1[C@@H](O)[C@H](O)[C@@H](CO)N1C(=O)CCc1ccc(F)nc1. The van der Waals surface area contributed by atoms with E-state index in [-0.39, 0.29) is 19.3 Å². The summed E-state index contributed by atoms with van der Waals surface area (Å²) in [6, 6.07) is 0.789. The van der Waals surface area contributed by atoms with Gasteiger partial charge < -0.3 is 25.5 Å². The van der Waals surface area contributed by atoms with Crippen molar-refractivity contribution in [2.75, 3.05) is 13.7 Å². The number of aliphatic hydroxyl groups is 3. The molecule has 2 amide bonds. The molecular formula is C16H22FN3O5. The third kappa shape index (κ3) is 4.30. The Kier molecular flexibility index (Phi) is 6.40. The van der Waals surface area contributed by atoms with Gasteiger partial charge in [-0.1, -0.05) is 6.07 Å². The second-order valence-corrected chi connectivity index (χ2v) is 5.97. The number of aliphatic hydroxyl groups excluding tert-OH is 3. The molecule has 0 aromatic carbocycles. The summed E-state index contributed by atoms with van der Waals surface area (Å²) < 4.78 is 12.8. The molecule has 2 rings (SSSR count). The minimum absolute atomic E-state index is 0.00744. The number of hydrogen-bond donors (Lipinski definition) is 4. The Balaban J connectivity index is 2.11. The molecule has 0 saturated carbocycles. The highest BCUT2D eigenvalue weighted by Crippen LogP contribution is 2.28. The predicted octanol–water partition coefficient (Wildman–Crippen LogP) is -1.42. The van der Waals surface area contributed by atoms with Crippen molar-refractivity contribution in [2.24, 2.45) is 0 Å². The fraction of sp³-hybridized carbons (Fsp3) is 0.562. The average Bonchev–Trinajstić information content (AvgIpc) is 2.85. The van der Waals surface area contributed by atoms with Crippen LogP contribution in [0.4, 0.5) is 4.39 Å². The number of aryl methyl sites for hydroxylation is 1. The molecule has 1 unspecified atom stereocenters. The first-order valence-corrected chi connectivity index (χ1v) is 7.98. The lowest BCUT2D eigenvalue weighted by Gasteiger charge is -2.29. The highest BCUT2D eigenvalue weighted by Gasteiger charge is 2.49. The van der Waals surface area contributed by atoms with Crippen LogP contribution in [0.1, 0.15) is 18.4 Å². The summed E-state index contributed by atoms with van der Waals surface area (Å²) >= 11 is 0. The van der Waals surface area contributed by atoms with Gasteiger partial charge in [-0.2, -0.15) is 4.39 Å². The van der Waals surface area contributed by atoms with Gasteiger partial charge in [-0.15, -0.1) is 0 Å². The summed E-state index contributed by atoms with van der Waals surface area (Å²) in [5.74, 6) is -1.44. The second-order valence-electron chi connectivity index (χ2n) is 5.97. The van der Waals surface area contributed by atoms with Crippen molar-refractivity contribution in [3.05, 3.63) is 29.8 Å². The molecule has 0 aliphatic carbocycles. The molecule has 0 radical (unpaired) electrons. The van der Waals surface area contributed by atoms with Crippen LogP contribution in [0.25, 0.3) is 0 Å². The zero-order chi connectivity index (χ0) is 18.6. The molecule has 1 fully saturated rings. The number of hydrogen-bond acceptors (Lipinski definition) is 6. The lowest BCUT2D eigenvalue weighted by atomic mass is 10.1. The van der Waals surface area contributed by atoms with E-state index in [1.807, 2.05) is 0 Å². The van der Waals surface area contributed by atoms with Gasteiger partial charge in [0.15, 0.2) is 0 Å². The number of carbonyl (C=O) groups excluding carboxylic acids is 2. The van der Waals surface area contributed by atoms with Crippen LogP contribution in [-0.2, 0) is 16.0 Å². The molecule has 0 bridgehead atoms. The van der Waals surface area contributed by atoms with Crippen molar-refractivity contribution in [2.45, 2.75) is 43.6 Å². The molecule has 1 aromatic rings. The molecule has 0 spiro atoms. The molecule has 2 heterocycles. The number of likely N-dealkylation sites (tertiary alicyclic amines) is 1. The highest BCUT2D eigenvalue weighted by atomic mass is 19.1. The van der Waals surface area contributed by atoms with Gasteiger partial charge in [0.1, 0.15) is 12.2 Å². The Bertz CT molecular complexity index is 612. The van der Waals surface area contributed by atoms with E-state index in [2.05, 4.69) is 10.3 Å². The average molecular weight is 355 g/mol. The first-order valence-electron chi connectivity index (χ1n) is 7.98. The molecule has 1 aromatic heterocycles. The van der Waals surface area contributed by atoms with E-state index >= 15 is 0 Å². The summed E-state index contributed by atoms with van der Waals surface area (Å²) in [5, 5.41) is 32.1. The van der Waals surface area contributed by atoms with Crippen molar-refractivity contribution >= 4 is 11.8 Å². The Morgan fingerprint density at radius 2 is 1.96 bits per heavy atom. The minimum Gasteiger partial charge on any atom is -0.394 e. The molecule has 138 valence electrons. The summed E-state index contributed by atoms with van der Waals surface area (Å²) in [6.45, 7) is -0.535. The number of rotatable bonds is 6. The summed E-state index contributed by atoms with van der Waals surface area (Å²) in [6.07, 6.45) is -1.24. The van der Waals surface area contributed by atoms with Crippen LogP contribution in [0.15, 0.2) is 18.3 Å². The van der Waals surface area contributed by atoms with Gasteiger partial charge in [-0.05, 0) is 18.1 Å². The topological polar surface area (TPSA) is 123 Å². The van der Waals surface area contributed by atoms with Crippen LogP contribution >= 0.6 is 0 Å². The van der Waals surface area contributed by atoms with Gasteiger partial charge in [-0.25, -0.2) is 4.98 Å². The van der Waals surface area contributed by atoms with E-state index in [0.717, 1.165) is 0 Å².